The summed E-state index contributed by atoms with van der Waals surface area (Å²) in [7, 11) is 0. The van der Waals surface area contributed by atoms with E-state index in [1.54, 1.807) is 0 Å². The summed E-state index contributed by atoms with van der Waals surface area (Å²) < 4.78 is 0. The zero-order valence-corrected chi connectivity index (χ0v) is 12.5. The minimum absolute atomic E-state index is 0.00912. The molecule has 0 saturated carbocycles. The molecule has 0 aliphatic carbocycles. The predicted octanol–water partition coefficient (Wildman–Crippen LogP) is 4.14. The highest BCUT2D eigenvalue weighted by Crippen LogP contribution is 2.39. The molecule has 0 bridgehead atoms. The molecule has 1 amide bonds. The van der Waals surface area contributed by atoms with Gasteiger partial charge in [0.2, 0.25) is 5.91 Å². The van der Waals surface area contributed by atoms with Crippen molar-refractivity contribution in [2.75, 3.05) is 0 Å². The van der Waals surface area contributed by atoms with E-state index in [1.165, 1.54) is 0 Å². The molecule has 1 aromatic rings. The zero-order chi connectivity index (χ0) is 14.2. The molecule has 1 saturated heterocycles. The minimum atomic E-state index is -0.173. The van der Waals surface area contributed by atoms with E-state index in [1.807, 2.05) is 12.1 Å². The highest BCUT2D eigenvalue weighted by molar-refractivity contribution is 6.31. The van der Waals surface area contributed by atoms with Crippen molar-refractivity contribution in [1.82, 2.24) is 5.32 Å². The standard InChI is InChI=1S/C16H20ClNO/c1-10-8-9-11(15(19)18-10)14-12(16(2,3)4)6-5-7-13(14)17/h5-7,11H,1,8-9H2,2-4H3,(H,18,19). The van der Waals surface area contributed by atoms with Crippen molar-refractivity contribution in [3.05, 3.63) is 46.6 Å². The Morgan fingerprint density at radius 3 is 2.63 bits per heavy atom. The average molecular weight is 278 g/mol. The second-order valence-corrected chi connectivity index (χ2v) is 6.54. The molecule has 1 aromatic carbocycles. The van der Waals surface area contributed by atoms with Gasteiger partial charge in [0.15, 0.2) is 0 Å². The highest BCUT2D eigenvalue weighted by Gasteiger charge is 2.31. The summed E-state index contributed by atoms with van der Waals surface area (Å²) >= 11 is 6.37. The predicted molar refractivity (Wildman–Crippen MR) is 79.4 cm³/mol. The first-order valence-electron chi connectivity index (χ1n) is 6.58. The SMILES string of the molecule is C=C1CCC(c2c(Cl)cccc2C(C)(C)C)C(=O)N1. The van der Waals surface area contributed by atoms with Crippen LogP contribution in [0.4, 0.5) is 0 Å². The number of nitrogens with one attached hydrogen (secondary N) is 1. The molecule has 1 unspecified atom stereocenters. The van der Waals surface area contributed by atoms with Crippen LogP contribution < -0.4 is 5.32 Å². The Labute approximate surface area is 119 Å². The van der Waals surface area contributed by atoms with Crippen LogP contribution in [0.2, 0.25) is 5.02 Å². The van der Waals surface area contributed by atoms with Gasteiger partial charge in [-0.15, -0.1) is 0 Å². The van der Waals surface area contributed by atoms with E-state index < -0.39 is 0 Å². The monoisotopic (exact) mass is 277 g/mol. The molecule has 1 fully saturated rings. The summed E-state index contributed by atoms with van der Waals surface area (Å²) in [5, 5.41) is 3.52. The molecule has 1 aliphatic rings. The molecular formula is C16H20ClNO. The number of hydrogen-bond acceptors (Lipinski definition) is 1. The first-order chi connectivity index (χ1) is 8.80. The van der Waals surface area contributed by atoms with E-state index >= 15 is 0 Å². The van der Waals surface area contributed by atoms with Crippen LogP contribution in [0, 0.1) is 0 Å². The number of carbonyl (C=O) groups excluding carboxylic acids is 1. The number of benzene rings is 1. The lowest BCUT2D eigenvalue weighted by atomic mass is 9.77. The van der Waals surface area contributed by atoms with Crippen LogP contribution in [0.15, 0.2) is 30.5 Å². The molecule has 0 aromatic heterocycles. The summed E-state index contributed by atoms with van der Waals surface area (Å²) in [6.45, 7) is 10.2. The molecule has 0 spiro atoms. The van der Waals surface area contributed by atoms with E-state index in [-0.39, 0.29) is 17.2 Å². The van der Waals surface area contributed by atoms with Gasteiger partial charge in [0.25, 0.3) is 0 Å². The molecule has 102 valence electrons. The van der Waals surface area contributed by atoms with Crippen molar-refractivity contribution in [2.45, 2.75) is 44.9 Å². The van der Waals surface area contributed by atoms with E-state index in [9.17, 15) is 4.79 Å². The van der Waals surface area contributed by atoms with Gasteiger partial charge in [0, 0.05) is 10.7 Å². The zero-order valence-electron chi connectivity index (χ0n) is 11.7. The lowest BCUT2D eigenvalue weighted by Gasteiger charge is -2.30. The second kappa shape index (κ2) is 5.01. The van der Waals surface area contributed by atoms with Crippen LogP contribution in [0.3, 0.4) is 0 Å². The lowest BCUT2D eigenvalue weighted by Crippen LogP contribution is -2.34. The normalized spacial score (nSPS) is 20.3. The first kappa shape index (κ1) is 14.1. The highest BCUT2D eigenvalue weighted by atomic mass is 35.5. The third kappa shape index (κ3) is 2.84. The van der Waals surface area contributed by atoms with Crippen molar-refractivity contribution in [3.63, 3.8) is 0 Å². The van der Waals surface area contributed by atoms with Gasteiger partial charge in [-0.2, -0.15) is 0 Å². The Kier molecular flexibility index (Phi) is 3.73. The van der Waals surface area contributed by atoms with E-state index in [0.717, 1.165) is 29.7 Å². The number of amides is 1. The van der Waals surface area contributed by atoms with Crippen LogP contribution in [-0.4, -0.2) is 5.91 Å². The van der Waals surface area contributed by atoms with Crippen molar-refractivity contribution in [1.29, 1.82) is 0 Å². The Morgan fingerprint density at radius 1 is 1.37 bits per heavy atom. The molecule has 1 atom stereocenters. The van der Waals surface area contributed by atoms with Crippen LogP contribution in [-0.2, 0) is 10.2 Å². The number of piperidine rings is 1. The Hall–Kier alpha value is -1.28. The average Bonchev–Trinajstić information content (AvgIpc) is 2.28. The maximum absolute atomic E-state index is 12.2. The van der Waals surface area contributed by atoms with Gasteiger partial charge in [-0.3, -0.25) is 4.79 Å². The quantitative estimate of drug-likeness (QED) is 0.821. The van der Waals surface area contributed by atoms with Gasteiger partial charge in [0.1, 0.15) is 0 Å². The summed E-state index contributed by atoms with van der Waals surface area (Å²) in [6.07, 6.45) is 1.59. The van der Waals surface area contributed by atoms with Crippen molar-refractivity contribution in [2.24, 2.45) is 0 Å². The van der Waals surface area contributed by atoms with Gasteiger partial charge in [-0.1, -0.05) is 51.1 Å². The molecular weight excluding hydrogens is 258 g/mol. The van der Waals surface area contributed by atoms with Crippen LogP contribution in [0.25, 0.3) is 0 Å². The van der Waals surface area contributed by atoms with Crippen molar-refractivity contribution < 1.29 is 4.79 Å². The van der Waals surface area contributed by atoms with Gasteiger partial charge in [-0.25, -0.2) is 0 Å². The maximum atomic E-state index is 12.2. The van der Waals surface area contributed by atoms with Gasteiger partial charge < -0.3 is 5.32 Å². The fourth-order valence-corrected chi connectivity index (χ4v) is 2.90. The summed E-state index contributed by atoms with van der Waals surface area (Å²) in [5.74, 6) is -0.164. The number of halogens is 1. The topological polar surface area (TPSA) is 29.1 Å². The second-order valence-electron chi connectivity index (χ2n) is 6.14. The summed E-state index contributed by atoms with van der Waals surface area (Å²) in [4.78, 5) is 12.2. The van der Waals surface area contributed by atoms with Crippen LogP contribution >= 0.6 is 11.6 Å². The minimum Gasteiger partial charge on any atom is -0.330 e. The van der Waals surface area contributed by atoms with Gasteiger partial charge in [-0.05, 0) is 35.4 Å². The van der Waals surface area contributed by atoms with Gasteiger partial charge >= 0.3 is 0 Å². The smallest absolute Gasteiger partial charge is 0.231 e. The molecule has 2 nitrogen and oxygen atoms in total. The number of rotatable bonds is 1. The van der Waals surface area contributed by atoms with Crippen molar-refractivity contribution >= 4 is 17.5 Å². The Morgan fingerprint density at radius 2 is 2.05 bits per heavy atom. The number of carbonyl (C=O) groups is 1. The van der Waals surface area contributed by atoms with Gasteiger partial charge in [0.05, 0.1) is 5.92 Å². The lowest BCUT2D eigenvalue weighted by molar-refractivity contribution is -0.122. The maximum Gasteiger partial charge on any atom is 0.231 e. The third-order valence-electron chi connectivity index (χ3n) is 3.56. The number of hydrogen-bond donors (Lipinski definition) is 1. The molecule has 19 heavy (non-hydrogen) atoms. The molecule has 1 aliphatic heterocycles. The largest absolute Gasteiger partial charge is 0.330 e. The summed E-state index contributed by atoms with van der Waals surface area (Å²) in [5.41, 5.74) is 2.88. The van der Waals surface area contributed by atoms with E-state index in [4.69, 9.17) is 11.6 Å². The van der Waals surface area contributed by atoms with Crippen molar-refractivity contribution in [3.8, 4) is 0 Å². The molecule has 3 heteroatoms. The molecule has 1 N–H and O–H groups in total. The molecule has 2 rings (SSSR count). The van der Waals surface area contributed by atoms with Crippen LogP contribution in [0.5, 0.6) is 0 Å². The third-order valence-corrected chi connectivity index (χ3v) is 3.89. The fraction of sp³-hybridized carbons (Fsp3) is 0.438. The van der Waals surface area contributed by atoms with E-state index in [2.05, 4.69) is 38.7 Å². The first-order valence-corrected chi connectivity index (χ1v) is 6.96. The summed E-state index contributed by atoms with van der Waals surface area (Å²) in [6, 6.07) is 5.88. The molecule has 1 heterocycles. The Bertz CT molecular complexity index is 528. The molecule has 0 radical (unpaired) electrons. The Balaban J connectivity index is 2.50. The fourth-order valence-electron chi connectivity index (χ4n) is 2.59. The number of allylic oxidation sites excluding steroid dienone is 1. The van der Waals surface area contributed by atoms with Crippen LogP contribution in [0.1, 0.15) is 50.7 Å². The van der Waals surface area contributed by atoms with E-state index in [0.29, 0.717) is 5.02 Å².